The van der Waals surface area contributed by atoms with Gasteiger partial charge in [-0.3, -0.25) is 0 Å². The van der Waals surface area contributed by atoms with Gasteiger partial charge in [-0.05, 0) is 19.4 Å². The summed E-state index contributed by atoms with van der Waals surface area (Å²) in [6.07, 6.45) is 0.750. The van der Waals surface area contributed by atoms with Gasteiger partial charge in [0.1, 0.15) is 0 Å². The predicted molar refractivity (Wildman–Crippen MR) is 60.7 cm³/mol. The van der Waals surface area contributed by atoms with Crippen molar-refractivity contribution in [3.8, 4) is 5.75 Å². The van der Waals surface area contributed by atoms with E-state index < -0.39 is 11.4 Å². The van der Waals surface area contributed by atoms with Crippen LogP contribution in [-0.4, -0.2) is 22.4 Å². The zero-order chi connectivity index (χ0) is 12.2. The molecule has 0 amide bonds. The van der Waals surface area contributed by atoms with E-state index in [2.05, 4.69) is 5.32 Å². The molecule has 1 aromatic rings. The van der Waals surface area contributed by atoms with E-state index in [1.54, 1.807) is 12.1 Å². The summed E-state index contributed by atoms with van der Waals surface area (Å²) in [6.45, 7) is 4.16. The van der Waals surface area contributed by atoms with Gasteiger partial charge in [-0.15, -0.1) is 0 Å². The van der Waals surface area contributed by atoms with Crippen LogP contribution in [0.3, 0.4) is 0 Å². The van der Waals surface area contributed by atoms with Crippen LogP contribution in [0.2, 0.25) is 0 Å². The topological polar surface area (TPSA) is 52.5 Å². The first kappa shape index (κ1) is 12.9. The van der Waals surface area contributed by atoms with Crippen molar-refractivity contribution in [2.24, 2.45) is 0 Å². The fraction of sp³-hybridized carbons (Fsp3) is 0.500. The fourth-order valence-corrected chi connectivity index (χ4v) is 1.30. The van der Waals surface area contributed by atoms with Crippen LogP contribution in [0.15, 0.2) is 18.2 Å². The Bertz CT molecular complexity index is 351. The number of rotatable bonds is 5. The first-order valence-corrected chi connectivity index (χ1v) is 5.34. The lowest BCUT2D eigenvalue weighted by Crippen LogP contribution is -2.44. The monoisotopic (exact) mass is 227 g/mol. The number of hydrogen-bond donors (Lipinski definition) is 3. The van der Waals surface area contributed by atoms with Crippen LogP contribution >= 0.6 is 0 Å². The number of nitrogens with one attached hydrogen (secondary N) is 1. The number of phenolic OH excluding ortho intramolecular Hbond substituents is 1. The molecule has 0 aliphatic heterocycles. The maximum atomic E-state index is 13.0. The third-order valence-corrected chi connectivity index (χ3v) is 2.91. The smallest absolute Gasteiger partial charge is 0.165 e. The van der Waals surface area contributed by atoms with Crippen LogP contribution in [-0.2, 0) is 6.54 Å². The van der Waals surface area contributed by atoms with Crippen molar-refractivity contribution in [3.63, 3.8) is 0 Å². The minimum atomic E-state index is -0.624. The Morgan fingerprint density at radius 3 is 2.69 bits per heavy atom. The lowest BCUT2D eigenvalue weighted by atomic mass is 10.00. The Morgan fingerprint density at radius 2 is 2.12 bits per heavy atom. The van der Waals surface area contributed by atoms with Gasteiger partial charge < -0.3 is 15.5 Å². The molecule has 1 rings (SSSR count). The number of aliphatic hydroxyl groups is 1. The molecule has 0 aliphatic rings. The molecular formula is C12H18FNO2. The maximum Gasteiger partial charge on any atom is 0.165 e. The Balaban J connectivity index is 2.71. The summed E-state index contributed by atoms with van der Waals surface area (Å²) in [4.78, 5) is 0. The molecule has 1 aromatic carbocycles. The first-order valence-electron chi connectivity index (χ1n) is 5.34. The molecule has 1 unspecified atom stereocenters. The van der Waals surface area contributed by atoms with Crippen molar-refractivity contribution in [1.82, 2.24) is 5.32 Å². The van der Waals surface area contributed by atoms with Crippen molar-refractivity contribution < 1.29 is 14.6 Å². The quantitative estimate of drug-likeness (QED) is 0.718. The second-order valence-corrected chi connectivity index (χ2v) is 4.17. The van der Waals surface area contributed by atoms with Gasteiger partial charge in [0.15, 0.2) is 11.6 Å². The van der Waals surface area contributed by atoms with Crippen LogP contribution < -0.4 is 5.32 Å². The fourth-order valence-electron chi connectivity index (χ4n) is 1.30. The van der Waals surface area contributed by atoms with Crippen LogP contribution in [0.4, 0.5) is 4.39 Å². The van der Waals surface area contributed by atoms with Gasteiger partial charge in [-0.1, -0.05) is 19.1 Å². The summed E-state index contributed by atoms with van der Waals surface area (Å²) in [6, 6.07) is 4.41. The SMILES string of the molecule is CCC(C)(CO)NCc1cccc(F)c1O. The molecule has 3 nitrogen and oxygen atoms in total. The molecule has 0 radical (unpaired) electrons. The van der Waals surface area contributed by atoms with Crippen molar-refractivity contribution in [3.05, 3.63) is 29.6 Å². The van der Waals surface area contributed by atoms with E-state index in [1.165, 1.54) is 6.07 Å². The van der Waals surface area contributed by atoms with Crippen LogP contribution in [0, 0.1) is 5.82 Å². The van der Waals surface area contributed by atoms with E-state index in [1.807, 2.05) is 13.8 Å². The number of aromatic hydroxyl groups is 1. The molecule has 1 atom stereocenters. The molecule has 0 heterocycles. The summed E-state index contributed by atoms with van der Waals surface area (Å²) in [5.41, 5.74) is 0.0896. The number of aliphatic hydroxyl groups excluding tert-OH is 1. The second kappa shape index (κ2) is 5.27. The van der Waals surface area contributed by atoms with Gasteiger partial charge in [0.05, 0.1) is 6.61 Å². The summed E-state index contributed by atoms with van der Waals surface area (Å²) in [5.74, 6) is -0.951. The van der Waals surface area contributed by atoms with Crippen molar-refractivity contribution in [2.45, 2.75) is 32.4 Å². The largest absolute Gasteiger partial charge is 0.505 e. The van der Waals surface area contributed by atoms with Gasteiger partial charge in [0.2, 0.25) is 0 Å². The summed E-state index contributed by atoms with van der Waals surface area (Å²) in [5, 5.41) is 21.8. The number of para-hydroxylation sites is 1. The minimum Gasteiger partial charge on any atom is -0.505 e. The van der Waals surface area contributed by atoms with E-state index in [0.717, 1.165) is 6.42 Å². The highest BCUT2D eigenvalue weighted by molar-refractivity contribution is 5.33. The molecule has 0 bridgehead atoms. The molecule has 16 heavy (non-hydrogen) atoms. The Hall–Kier alpha value is -1.13. The number of benzene rings is 1. The van der Waals surface area contributed by atoms with Gasteiger partial charge in [-0.2, -0.15) is 0 Å². The highest BCUT2D eigenvalue weighted by Gasteiger charge is 2.20. The van der Waals surface area contributed by atoms with E-state index in [0.29, 0.717) is 12.1 Å². The van der Waals surface area contributed by atoms with Crippen molar-refractivity contribution in [1.29, 1.82) is 0 Å². The molecule has 0 spiro atoms. The van der Waals surface area contributed by atoms with Crippen LogP contribution in [0.25, 0.3) is 0 Å². The standard InChI is InChI=1S/C12H18FNO2/c1-3-12(2,8-15)14-7-9-5-4-6-10(13)11(9)16/h4-6,14-16H,3,7-8H2,1-2H3. The molecule has 4 heteroatoms. The first-order chi connectivity index (χ1) is 7.52. The lowest BCUT2D eigenvalue weighted by Gasteiger charge is -2.27. The average molecular weight is 227 g/mol. The summed E-state index contributed by atoms with van der Waals surface area (Å²) in [7, 11) is 0. The normalized spacial score (nSPS) is 14.8. The zero-order valence-electron chi connectivity index (χ0n) is 9.63. The molecule has 0 aliphatic carbocycles. The van der Waals surface area contributed by atoms with Gasteiger partial charge in [0, 0.05) is 17.6 Å². The molecule has 0 saturated carbocycles. The van der Waals surface area contributed by atoms with Crippen LogP contribution in [0.1, 0.15) is 25.8 Å². The highest BCUT2D eigenvalue weighted by Crippen LogP contribution is 2.21. The summed E-state index contributed by atoms with van der Waals surface area (Å²) >= 11 is 0. The predicted octanol–water partition coefficient (Wildman–Crippen LogP) is 1.78. The summed E-state index contributed by atoms with van der Waals surface area (Å²) < 4.78 is 13.0. The Kier molecular flexibility index (Phi) is 4.26. The molecular weight excluding hydrogens is 209 g/mol. The van der Waals surface area contributed by atoms with E-state index in [-0.39, 0.29) is 12.4 Å². The lowest BCUT2D eigenvalue weighted by molar-refractivity contribution is 0.168. The van der Waals surface area contributed by atoms with Crippen molar-refractivity contribution >= 4 is 0 Å². The Morgan fingerprint density at radius 1 is 1.44 bits per heavy atom. The van der Waals surface area contributed by atoms with Crippen molar-refractivity contribution in [2.75, 3.05) is 6.61 Å². The zero-order valence-corrected chi connectivity index (χ0v) is 9.63. The Labute approximate surface area is 94.9 Å². The maximum absolute atomic E-state index is 13.0. The van der Waals surface area contributed by atoms with Crippen LogP contribution in [0.5, 0.6) is 5.75 Å². The number of hydrogen-bond acceptors (Lipinski definition) is 3. The molecule has 0 aromatic heterocycles. The molecule has 3 N–H and O–H groups in total. The second-order valence-electron chi connectivity index (χ2n) is 4.17. The highest BCUT2D eigenvalue weighted by atomic mass is 19.1. The van der Waals surface area contributed by atoms with Gasteiger partial charge >= 0.3 is 0 Å². The van der Waals surface area contributed by atoms with E-state index in [4.69, 9.17) is 0 Å². The van der Waals surface area contributed by atoms with Gasteiger partial charge in [0.25, 0.3) is 0 Å². The molecule has 90 valence electrons. The van der Waals surface area contributed by atoms with E-state index >= 15 is 0 Å². The molecule has 0 saturated heterocycles. The van der Waals surface area contributed by atoms with Gasteiger partial charge in [-0.25, -0.2) is 4.39 Å². The molecule has 0 fully saturated rings. The third-order valence-electron chi connectivity index (χ3n) is 2.91. The number of halogens is 1. The number of phenols is 1. The third kappa shape index (κ3) is 2.93. The van der Waals surface area contributed by atoms with E-state index in [9.17, 15) is 14.6 Å². The minimum absolute atomic E-state index is 0.000419. The average Bonchev–Trinajstić information content (AvgIpc) is 2.31.